The maximum atomic E-state index is 5.64. The van der Waals surface area contributed by atoms with E-state index in [9.17, 15) is 0 Å². The number of hydrazine groups is 1. The number of aryl methyl sites for hydroxylation is 1. The highest BCUT2D eigenvalue weighted by Crippen LogP contribution is 2.27. The minimum Gasteiger partial charge on any atom is -0.271 e. The van der Waals surface area contributed by atoms with Gasteiger partial charge in [-0.2, -0.15) is 0 Å². The average molecular weight is 343 g/mol. The van der Waals surface area contributed by atoms with Gasteiger partial charge in [0.2, 0.25) is 0 Å². The number of thiophene rings is 1. The summed E-state index contributed by atoms with van der Waals surface area (Å²) in [7, 11) is 0. The molecular weight excluding hydrogens is 328 g/mol. The summed E-state index contributed by atoms with van der Waals surface area (Å²) in [6.45, 7) is 2.11. The molecule has 1 aromatic carbocycles. The van der Waals surface area contributed by atoms with E-state index in [-0.39, 0.29) is 6.04 Å². The van der Waals surface area contributed by atoms with Gasteiger partial charge in [-0.1, -0.05) is 15.9 Å². The number of hydrogen-bond donors (Lipinski definition) is 2. The Morgan fingerprint density at radius 3 is 2.67 bits per heavy atom. The van der Waals surface area contributed by atoms with Crippen LogP contribution in [0.4, 0.5) is 0 Å². The maximum absolute atomic E-state index is 5.64. The quantitative estimate of drug-likeness (QED) is 0.487. The number of rotatable bonds is 5. The summed E-state index contributed by atoms with van der Waals surface area (Å²) in [5.41, 5.74) is 4.16. The normalized spacial score (nSPS) is 12.6. The molecule has 0 saturated heterocycles. The molecule has 0 bridgehead atoms. The van der Waals surface area contributed by atoms with Gasteiger partial charge >= 0.3 is 0 Å². The number of benzene rings is 1. The predicted octanol–water partition coefficient (Wildman–Crippen LogP) is 4.12. The Kier molecular flexibility index (Phi) is 5.26. The van der Waals surface area contributed by atoms with E-state index in [1.807, 2.05) is 11.8 Å². The van der Waals surface area contributed by atoms with Crippen molar-refractivity contribution in [1.82, 2.24) is 5.43 Å². The molecule has 0 spiro atoms. The van der Waals surface area contributed by atoms with Gasteiger partial charge < -0.3 is 0 Å². The van der Waals surface area contributed by atoms with E-state index < -0.39 is 0 Å². The third kappa shape index (κ3) is 3.83. The van der Waals surface area contributed by atoms with Crippen molar-refractivity contribution in [1.29, 1.82) is 0 Å². The van der Waals surface area contributed by atoms with Crippen molar-refractivity contribution in [2.75, 3.05) is 5.75 Å². The lowest BCUT2D eigenvalue weighted by Gasteiger charge is -2.14. The molecule has 2 nitrogen and oxygen atoms in total. The third-order valence-electron chi connectivity index (χ3n) is 2.58. The highest BCUT2D eigenvalue weighted by Gasteiger charge is 2.11. The Hall–Kier alpha value is -0.330. The van der Waals surface area contributed by atoms with Gasteiger partial charge in [0.15, 0.2) is 0 Å². The summed E-state index contributed by atoms with van der Waals surface area (Å²) in [6.07, 6.45) is 0. The first-order valence-corrected chi connectivity index (χ1v) is 8.24. The average Bonchev–Trinajstić information content (AvgIpc) is 2.79. The first-order chi connectivity index (χ1) is 8.69. The van der Waals surface area contributed by atoms with Crippen LogP contribution in [0.1, 0.15) is 16.5 Å². The standard InChI is InChI=1S/C13H15BrN2S2/c1-9-6-10(7-17-9)13(16-15)8-18-12-4-2-11(14)3-5-12/h2-7,13,16H,8,15H2,1H3. The Morgan fingerprint density at radius 1 is 1.39 bits per heavy atom. The second-order valence-corrected chi connectivity index (χ2v) is 7.10. The second-order valence-electron chi connectivity index (χ2n) is 3.97. The summed E-state index contributed by atoms with van der Waals surface area (Å²) < 4.78 is 1.11. The van der Waals surface area contributed by atoms with Crippen molar-refractivity contribution >= 4 is 39.0 Å². The molecule has 2 rings (SSSR count). The number of halogens is 1. The summed E-state index contributed by atoms with van der Waals surface area (Å²) in [4.78, 5) is 2.57. The van der Waals surface area contributed by atoms with Crippen LogP contribution in [-0.2, 0) is 0 Å². The molecule has 0 fully saturated rings. The molecule has 0 amide bonds. The van der Waals surface area contributed by atoms with Gasteiger partial charge in [-0.3, -0.25) is 11.3 Å². The number of nitrogens with one attached hydrogen (secondary N) is 1. The van der Waals surface area contributed by atoms with Gasteiger partial charge in [-0.25, -0.2) is 0 Å². The zero-order valence-corrected chi connectivity index (χ0v) is 13.2. The molecule has 0 aliphatic heterocycles. The van der Waals surface area contributed by atoms with Gasteiger partial charge in [0.05, 0.1) is 6.04 Å². The SMILES string of the molecule is Cc1cc(C(CSc2ccc(Br)cc2)NN)cs1. The Bertz CT molecular complexity index is 496. The highest BCUT2D eigenvalue weighted by molar-refractivity contribution is 9.10. The van der Waals surface area contributed by atoms with Crippen molar-refractivity contribution in [3.63, 3.8) is 0 Å². The molecule has 1 unspecified atom stereocenters. The van der Waals surface area contributed by atoms with Crippen LogP contribution in [0.25, 0.3) is 0 Å². The fourth-order valence-corrected chi connectivity index (χ4v) is 3.60. The monoisotopic (exact) mass is 342 g/mol. The van der Waals surface area contributed by atoms with Crippen LogP contribution in [0.3, 0.4) is 0 Å². The summed E-state index contributed by atoms with van der Waals surface area (Å²) >= 11 is 7.01. The topological polar surface area (TPSA) is 38.0 Å². The fraction of sp³-hybridized carbons (Fsp3) is 0.231. The number of hydrogen-bond acceptors (Lipinski definition) is 4. The minimum atomic E-state index is 0.198. The summed E-state index contributed by atoms with van der Waals surface area (Å²) in [5, 5.41) is 2.17. The Labute approximate surface area is 124 Å². The van der Waals surface area contributed by atoms with Crippen LogP contribution in [0.5, 0.6) is 0 Å². The van der Waals surface area contributed by atoms with E-state index in [2.05, 4.69) is 64.0 Å². The Balaban J connectivity index is 1.97. The van der Waals surface area contributed by atoms with Crippen LogP contribution >= 0.6 is 39.0 Å². The number of nitrogens with two attached hydrogens (primary N) is 1. The molecule has 0 radical (unpaired) electrons. The largest absolute Gasteiger partial charge is 0.271 e. The van der Waals surface area contributed by atoms with Crippen LogP contribution < -0.4 is 11.3 Å². The lowest BCUT2D eigenvalue weighted by molar-refractivity contribution is 0.612. The second kappa shape index (κ2) is 6.73. The van der Waals surface area contributed by atoms with Crippen molar-refractivity contribution in [2.45, 2.75) is 17.9 Å². The number of thioether (sulfide) groups is 1. The first kappa shape index (κ1) is 14.1. The van der Waals surface area contributed by atoms with Gasteiger partial charge in [-0.15, -0.1) is 23.1 Å². The molecule has 2 aromatic rings. The van der Waals surface area contributed by atoms with Gasteiger partial charge in [0.1, 0.15) is 0 Å². The van der Waals surface area contributed by atoms with Gasteiger partial charge in [0, 0.05) is 20.0 Å². The maximum Gasteiger partial charge on any atom is 0.0562 e. The molecular formula is C13H15BrN2S2. The van der Waals surface area contributed by atoms with E-state index in [1.54, 1.807) is 11.3 Å². The van der Waals surface area contributed by atoms with E-state index in [0.717, 1.165) is 10.2 Å². The smallest absolute Gasteiger partial charge is 0.0562 e. The molecule has 5 heteroatoms. The predicted molar refractivity (Wildman–Crippen MR) is 84.0 cm³/mol. The molecule has 0 aliphatic rings. The van der Waals surface area contributed by atoms with Crippen LogP contribution in [0, 0.1) is 6.92 Å². The molecule has 1 atom stereocenters. The molecule has 96 valence electrons. The highest BCUT2D eigenvalue weighted by atomic mass is 79.9. The lowest BCUT2D eigenvalue weighted by atomic mass is 10.2. The van der Waals surface area contributed by atoms with E-state index in [4.69, 9.17) is 5.84 Å². The van der Waals surface area contributed by atoms with Crippen molar-refractivity contribution in [3.05, 3.63) is 50.6 Å². The molecule has 1 heterocycles. The first-order valence-electron chi connectivity index (χ1n) is 5.58. The van der Waals surface area contributed by atoms with Crippen LogP contribution in [-0.4, -0.2) is 5.75 Å². The van der Waals surface area contributed by atoms with Crippen LogP contribution in [0.2, 0.25) is 0 Å². The molecule has 18 heavy (non-hydrogen) atoms. The molecule has 1 aromatic heterocycles. The van der Waals surface area contributed by atoms with Crippen molar-refractivity contribution in [3.8, 4) is 0 Å². The molecule has 3 N–H and O–H groups in total. The van der Waals surface area contributed by atoms with Gasteiger partial charge in [0.25, 0.3) is 0 Å². The summed E-state index contributed by atoms with van der Waals surface area (Å²) in [5.74, 6) is 6.56. The summed E-state index contributed by atoms with van der Waals surface area (Å²) in [6, 6.07) is 10.7. The van der Waals surface area contributed by atoms with E-state index in [0.29, 0.717) is 0 Å². The fourth-order valence-electron chi connectivity index (χ4n) is 1.60. The van der Waals surface area contributed by atoms with E-state index in [1.165, 1.54) is 15.3 Å². The van der Waals surface area contributed by atoms with Crippen LogP contribution in [0.15, 0.2) is 45.1 Å². The molecule has 0 aliphatic carbocycles. The molecule has 0 saturated carbocycles. The lowest BCUT2D eigenvalue weighted by Crippen LogP contribution is -2.29. The van der Waals surface area contributed by atoms with Gasteiger partial charge in [-0.05, 0) is 48.2 Å². The van der Waals surface area contributed by atoms with Crippen molar-refractivity contribution < 1.29 is 0 Å². The Morgan fingerprint density at radius 2 is 2.11 bits per heavy atom. The zero-order chi connectivity index (χ0) is 13.0. The van der Waals surface area contributed by atoms with E-state index >= 15 is 0 Å². The minimum absolute atomic E-state index is 0.198. The zero-order valence-electron chi connectivity index (χ0n) is 10.0. The van der Waals surface area contributed by atoms with Crippen molar-refractivity contribution in [2.24, 2.45) is 5.84 Å². The third-order valence-corrected chi connectivity index (χ3v) is 5.10.